The third-order valence-corrected chi connectivity index (χ3v) is 5.06. The summed E-state index contributed by atoms with van der Waals surface area (Å²) >= 11 is 0.728. The van der Waals surface area contributed by atoms with Crippen molar-refractivity contribution in [1.82, 2.24) is 10.2 Å². The Morgan fingerprint density at radius 1 is 1.45 bits per heavy atom. The second kappa shape index (κ2) is 5.05. The lowest BCUT2D eigenvalue weighted by Gasteiger charge is -1.99. The molecule has 0 fully saturated rings. The maximum Gasteiger partial charge on any atom is 0.329 e. The van der Waals surface area contributed by atoms with Crippen LogP contribution in [-0.4, -0.2) is 30.6 Å². The van der Waals surface area contributed by atoms with E-state index < -0.39 is 14.9 Å². The molecule has 0 unspecified atom stereocenters. The number of anilines is 2. The zero-order valence-corrected chi connectivity index (χ0v) is 11.9. The SMILES string of the molecule is CNc1sc(S(=O)(=O)Nc2nnc(C)o2)cc1[N+](=O)[O-]. The molecule has 2 aromatic rings. The number of nitrogens with zero attached hydrogens (tertiary/aromatic N) is 3. The molecule has 2 N–H and O–H groups in total. The largest absolute Gasteiger partial charge is 0.408 e. The second-order valence-electron chi connectivity index (χ2n) is 3.52. The summed E-state index contributed by atoms with van der Waals surface area (Å²) < 4.78 is 30.8. The van der Waals surface area contributed by atoms with Crippen LogP contribution in [0.3, 0.4) is 0 Å². The molecular weight excluding hydrogens is 310 g/mol. The highest BCUT2D eigenvalue weighted by molar-refractivity contribution is 7.94. The quantitative estimate of drug-likeness (QED) is 0.618. The van der Waals surface area contributed by atoms with Crippen LogP contribution in [0.2, 0.25) is 0 Å². The average molecular weight is 319 g/mol. The highest BCUT2D eigenvalue weighted by Crippen LogP contribution is 2.37. The number of sulfonamides is 1. The normalized spacial score (nSPS) is 11.3. The summed E-state index contributed by atoms with van der Waals surface area (Å²) in [6, 6.07) is 0.659. The molecule has 2 heterocycles. The van der Waals surface area contributed by atoms with Crippen molar-refractivity contribution >= 4 is 38.1 Å². The van der Waals surface area contributed by atoms with Gasteiger partial charge in [0.15, 0.2) is 5.00 Å². The van der Waals surface area contributed by atoms with E-state index in [1.165, 1.54) is 14.0 Å². The maximum atomic E-state index is 12.0. The fraction of sp³-hybridized carbons (Fsp3) is 0.250. The number of aromatic nitrogens is 2. The van der Waals surface area contributed by atoms with Crippen molar-refractivity contribution in [3.63, 3.8) is 0 Å². The Balaban J connectivity index is 2.37. The van der Waals surface area contributed by atoms with E-state index in [4.69, 9.17) is 4.42 Å². The number of aryl methyl sites for hydroxylation is 1. The first-order chi connectivity index (χ1) is 9.33. The van der Waals surface area contributed by atoms with Gasteiger partial charge in [0.2, 0.25) is 5.89 Å². The van der Waals surface area contributed by atoms with Crippen molar-refractivity contribution in [2.45, 2.75) is 11.1 Å². The fourth-order valence-corrected chi connectivity index (χ4v) is 3.52. The van der Waals surface area contributed by atoms with Crippen molar-refractivity contribution in [1.29, 1.82) is 0 Å². The zero-order valence-electron chi connectivity index (χ0n) is 10.3. The molecule has 0 aliphatic carbocycles. The summed E-state index contributed by atoms with van der Waals surface area (Å²) in [4.78, 5) is 10.1. The summed E-state index contributed by atoms with van der Waals surface area (Å²) in [6.07, 6.45) is 0. The predicted octanol–water partition coefficient (Wildman–Crippen LogP) is 1.19. The molecule has 10 nitrogen and oxygen atoms in total. The molecule has 0 saturated carbocycles. The lowest BCUT2D eigenvalue weighted by atomic mass is 10.5. The van der Waals surface area contributed by atoms with Gasteiger partial charge in [0.1, 0.15) is 4.21 Å². The Labute approximate surface area is 117 Å². The first-order valence-corrected chi connectivity index (χ1v) is 7.42. The molecule has 0 bridgehead atoms. The highest BCUT2D eigenvalue weighted by Gasteiger charge is 2.26. The van der Waals surface area contributed by atoms with Crippen molar-refractivity contribution in [2.24, 2.45) is 0 Å². The van der Waals surface area contributed by atoms with E-state index in [0.717, 1.165) is 17.4 Å². The zero-order chi connectivity index (χ0) is 14.9. The van der Waals surface area contributed by atoms with E-state index in [9.17, 15) is 18.5 Å². The lowest BCUT2D eigenvalue weighted by Crippen LogP contribution is -2.11. The number of thiophene rings is 1. The van der Waals surface area contributed by atoms with E-state index >= 15 is 0 Å². The first-order valence-electron chi connectivity index (χ1n) is 5.12. The minimum absolute atomic E-state index is 0.136. The van der Waals surface area contributed by atoms with Crippen LogP contribution < -0.4 is 10.0 Å². The summed E-state index contributed by atoms with van der Waals surface area (Å²) in [7, 11) is -2.56. The molecule has 0 aliphatic heterocycles. The summed E-state index contributed by atoms with van der Waals surface area (Å²) in [6.45, 7) is 1.50. The molecule has 108 valence electrons. The molecule has 2 rings (SSSR count). The van der Waals surface area contributed by atoms with E-state index in [1.807, 2.05) is 0 Å². The maximum absolute atomic E-state index is 12.0. The molecule has 0 amide bonds. The lowest BCUT2D eigenvalue weighted by molar-refractivity contribution is -0.383. The van der Waals surface area contributed by atoms with Crippen LogP contribution >= 0.6 is 11.3 Å². The van der Waals surface area contributed by atoms with Crippen LogP contribution in [0.5, 0.6) is 0 Å². The molecule has 0 aromatic carbocycles. The first kappa shape index (κ1) is 14.2. The Morgan fingerprint density at radius 2 is 2.15 bits per heavy atom. The summed E-state index contributed by atoms with van der Waals surface area (Å²) in [5.74, 6) is 0.191. The number of rotatable bonds is 5. The van der Waals surface area contributed by atoms with Gasteiger partial charge < -0.3 is 9.73 Å². The van der Waals surface area contributed by atoms with E-state index in [2.05, 4.69) is 20.2 Å². The van der Waals surface area contributed by atoms with Crippen LogP contribution in [0, 0.1) is 17.0 Å². The van der Waals surface area contributed by atoms with Gasteiger partial charge in [0, 0.05) is 20.0 Å². The molecule has 0 saturated heterocycles. The van der Waals surface area contributed by atoms with Gasteiger partial charge in [0.05, 0.1) is 4.92 Å². The smallest absolute Gasteiger partial charge is 0.329 e. The standard InChI is InChI=1S/C8H9N5O5S2/c1-4-10-11-8(18-4)12-20(16,17)6-3-5(13(14)15)7(9-2)19-6/h3,9H,1-2H3,(H,11,12). The van der Waals surface area contributed by atoms with Gasteiger partial charge in [-0.2, -0.15) is 0 Å². The van der Waals surface area contributed by atoms with E-state index in [0.29, 0.717) is 0 Å². The van der Waals surface area contributed by atoms with Crippen LogP contribution in [0.25, 0.3) is 0 Å². The van der Waals surface area contributed by atoms with Crippen LogP contribution in [0.1, 0.15) is 5.89 Å². The van der Waals surface area contributed by atoms with Gasteiger partial charge in [-0.1, -0.05) is 16.4 Å². The molecule has 12 heteroatoms. The van der Waals surface area contributed by atoms with E-state index in [1.54, 1.807) is 0 Å². The Hall–Kier alpha value is -2.21. The minimum Gasteiger partial charge on any atom is -0.408 e. The third-order valence-electron chi connectivity index (χ3n) is 2.13. The molecule has 2 aromatic heterocycles. The fourth-order valence-electron chi connectivity index (χ4n) is 1.31. The highest BCUT2D eigenvalue weighted by atomic mass is 32.2. The Bertz CT molecular complexity index is 749. The van der Waals surface area contributed by atoms with Crippen molar-refractivity contribution in [3.05, 3.63) is 22.1 Å². The number of nitrogens with one attached hydrogen (secondary N) is 2. The molecule has 0 radical (unpaired) electrons. The van der Waals surface area contributed by atoms with Crippen LogP contribution in [0.4, 0.5) is 16.7 Å². The number of nitro groups is 1. The van der Waals surface area contributed by atoms with Gasteiger partial charge in [-0.3, -0.25) is 10.1 Å². The van der Waals surface area contributed by atoms with E-state index in [-0.39, 0.29) is 26.8 Å². The summed E-state index contributed by atoms with van der Waals surface area (Å²) in [5, 5.41) is 20.5. The topological polar surface area (TPSA) is 140 Å². The van der Waals surface area contributed by atoms with Crippen LogP contribution in [0.15, 0.2) is 14.7 Å². The molecule has 0 aliphatic rings. The predicted molar refractivity (Wildman–Crippen MR) is 70.4 cm³/mol. The second-order valence-corrected chi connectivity index (χ2v) is 6.48. The van der Waals surface area contributed by atoms with Gasteiger partial charge in [-0.05, 0) is 0 Å². The van der Waals surface area contributed by atoms with Crippen molar-refractivity contribution < 1.29 is 17.8 Å². The number of hydrogen-bond donors (Lipinski definition) is 2. The van der Waals surface area contributed by atoms with Gasteiger partial charge >= 0.3 is 11.7 Å². The van der Waals surface area contributed by atoms with Gasteiger partial charge in [0.25, 0.3) is 10.0 Å². The van der Waals surface area contributed by atoms with Crippen molar-refractivity contribution in [2.75, 3.05) is 17.1 Å². The Kier molecular flexibility index (Phi) is 3.59. The van der Waals surface area contributed by atoms with Crippen LogP contribution in [-0.2, 0) is 10.0 Å². The third kappa shape index (κ3) is 2.70. The Morgan fingerprint density at radius 3 is 2.60 bits per heavy atom. The van der Waals surface area contributed by atoms with Crippen molar-refractivity contribution in [3.8, 4) is 0 Å². The molecule has 0 spiro atoms. The van der Waals surface area contributed by atoms with Gasteiger partial charge in [-0.25, -0.2) is 13.1 Å². The average Bonchev–Trinajstić information content (AvgIpc) is 2.95. The summed E-state index contributed by atoms with van der Waals surface area (Å²) in [5.41, 5.74) is -0.320. The molecule has 20 heavy (non-hydrogen) atoms. The monoisotopic (exact) mass is 319 g/mol. The minimum atomic E-state index is -4.02. The van der Waals surface area contributed by atoms with Gasteiger partial charge in [-0.15, -0.1) is 5.10 Å². The number of hydrogen-bond acceptors (Lipinski definition) is 9. The molecular formula is C8H9N5O5S2. The molecule has 0 atom stereocenters.